The van der Waals surface area contributed by atoms with E-state index in [0.29, 0.717) is 11.1 Å². The Morgan fingerprint density at radius 3 is 1.39 bits per heavy atom. The maximum Gasteiger partial charge on any atom is 0.124 e. The lowest BCUT2D eigenvalue weighted by Crippen LogP contribution is -1.89. The van der Waals surface area contributed by atoms with Crippen molar-refractivity contribution >= 4 is 55.7 Å². The lowest BCUT2D eigenvalue weighted by molar-refractivity contribution is 0.474. The van der Waals surface area contributed by atoms with Crippen molar-refractivity contribution in [2.75, 3.05) is 0 Å². The Labute approximate surface area is 236 Å². The molecular formula is C30H20Br2N4O2. The molecule has 0 bridgehead atoms. The third-order valence-electron chi connectivity index (χ3n) is 5.68. The first kappa shape index (κ1) is 25.5. The molecule has 186 valence electrons. The molecule has 0 fully saturated rings. The topological polar surface area (TPSA) is 91.0 Å². The Balaban J connectivity index is 1.31. The van der Waals surface area contributed by atoms with E-state index in [-0.39, 0.29) is 11.5 Å². The standard InChI is InChI=1S/C30H20Br2N4O2/c31-23-5-11-29(37)21(13-23)16-33-25-7-1-19(2-8-25)27-15-28(36-18-35-27)20-3-9-26(10-4-20)34-17-22-14-24(32)6-12-30(22)38/h1-18,37-38H. The second-order valence-corrected chi connectivity index (χ2v) is 10.1. The Hall–Kier alpha value is -4.14. The minimum atomic E-state index is 0.172. The molecule has 4 aromatic carbocycles. The molecule has 38 heavy (non-hydrogen) atoms. The molecule has 0 aliphatic carbocycles. The molecule has 0 aliphatic heterocycles. The molecular weight excluding hydrogens is 608 g/mol. The van der Waals surface area contributed by atoms with Gasteiger partial charge in [0.1, 0.15) is 17.8 Å². The van der Waals surface area contributed by atoms with Gasteiger partial charge in [-0.1, -0.05) is 56.1 Å². The van der Waals surface area contributed by atoms with Gasteiger partial charge < -0.3 is 10.2 Å². The Morgan fingerprint density at radius 1 is 0.553 bits per heavy atom. The summed E-state index contributed by atoms with van der Waals surface area (Å²) in [6, 6.07) is 27.8. The van der Waals surface area contributed by atoms with Crippen molar-refractivity contribution in [3.8, 4) is 34.0 Å². The monoisotopic (exact) mass is 626 g/mol. The summed E-state index contributed by atoms with van der Waals surface area (Å²) in [6.45, 7) is 0. The maximum absolute atomic E-state index is 9.99. The van der Waals surface area contributed by atoms with Gasteiger partial charge in [-0.2, -0.15) is 0 Å². The molecule has 0 spiro atoms. The van der Waals surface area contributed by atoms with Crippen molar-refractivity contribution in [3.05, 3.63) is 117 Å². The van der Waals surface area contributed by atoms with E-state index in [1.165, 1.54) is 0 Å². The summed E-state index contributed by atoms with van der Waals surface area (Å²) in [5.41, 5.74) is 6.24. The van der Waals surface area contributed by atoms with E-state index in [4.69, 9.17) is 0 Å². The number of benzene rings is 4. The van der Waals surface area contributed by atoms with Crippen LogP contribution in [0.15, 0.2) is 116 Å². The van der Waals surface area contributed by atoms with Crippen molar-refractivity contribution in [2.45, 2.75) is 0 Å². The number of aromatic hydroxyl groups is 2. The Kier molecular flexibility index (Phi) is 7.72. The SMILES string of the molecule is Oc1ccc(Br)cc1C=Nc1ccc(-c2cc(-c3ccc(N=Cc4cc(Br)ccc4O)cc3)ncn2)cc1. The van der Waals surface area contributed by atoms with Crippen molar-refractivity contribution in [1.29, 1.82) is 0 Å². The van der Waals surface area contributed by atoms with E-state index < -0.39 is 0 Å². The number of halogens is 2. The maximum atomic E-state index is 9.99. The highest BCUT2D eigenvalue weighted by Crippen LogP contribution is 2.27. The summed E-state index contributed by atoms with van der Waals surface area (Å²) in [7, 11) is 0. The molecule has 6 nitrogen and oxygen atoms in total. The number of hydrogen-bond donors (Lipinski definition) is 2. The molecule has 0 radical (unpaired) electrons. The number of phenolic OH excluding ortho intramolecular Hbond substituents is 2. The van der Waals surface area contributed by atoms with Gasteiger partial charge in [-0.25, -0.2) is 9.97 Å². The van der Waals surface area contributed by atoms with Crippen molar-refractivity contribution in [3.63, 3.8) is 0 Å². The van der Waals surface area contributed by atoms with Gasteiger partial charge in [0.05, 0.1) is 22.8 Å². The number of phenols is 2. The molecule has 5 rings (SSSR count). The number of rotatable bonds is 6. The highest BCUT2D eigenvalue weighted by molar-refractivity contribution is 9.10. The van der Waals surface area contributed by atoms with Crippen LogP contribution in [0.5, 0.6) is 11.5 Å². The van der Waals surface area contributed by atoms with E-state index in [9.17, 15) is 10.2 Å². The lowest BCUT2D eigenvalue weighted by atomic mass is 10.1. The third kappa shape index (κ3) is 6.22. The third-order valence-corrected chi connectivity index (χ3v) is 6.66. The quantitative estimate of drug-likeness (QED) is 0.185. The van der Waals surface area contributed by atoms with Gasteiger partial charge in [-0.3, -0.25) is 9.98 Å². The van der Waals surface area contributed by atoms with Crippen LogP contribution in [0.4, 0.5) is 11.4 Å². The van der Waals surface area contributed by atoms with Crippen molar-refractivity contribution in [1.82, 2.24) is 9.97 Å². The van der Waals surface area contributed by atoms with Crippen LogP contribution >= 0.6 is 31.9 Å². The first-order valence-corrected chi connectivity index (χ1v) is 13.1. The van der Waals surface area contributed by atoms with Gasteiger partial charge in [0.2, 0.25) is 0 Å². The van der Waals surface area contributed by atoms with Crippen molar-refractivity contribution in [2.24, 2.45) is 9.98 Å². The molecule has 0 amide bonds. The molecule has 2 N–H and O–H groups in total. The Bertz CT molecular complexity index is 1530. The van der Waals surface area contributed by atoms with E-state index in [1.54, 1.807) is 43.0 Å². The van der Waals surface area contributed by atoms with Crippen LogP contribution < -0.4 is 0 Å². The molecule has 0 aliphatic rings. The minimum absolute atomic E-state index is 0.172. The predicted molar refractivity (Wildman–Crippen MR) is 159 cm³/mol. The molecule has 0 unspecified atom stereocenters. The van der Waals surface area contributed by atoms with Crippen LogP contribution in [0.1, 0.15) is 11.1 Å². The molecule has 1 aromatic heterocycles. The van der Waals surface area contributed by atoms with E-state index in [2.05, 4.69) is 51.8 Å². The van der Waals surface area contributed by atoms with Gasteiger partial charge in [0.15, 0.2) is 0 Å². The predicted octanol–water partition coefficient (Wildman–Crippen LogP) is 8.25. The fourth-order valence-electron chi connectivity index (χ4n) is 3.66. The van der Waals surface area contributed by atoms with Gasteiger partial charge in [0.25, 0.3) is 0 Å². The van der Waals surface area contributed by atoms with E-state index in [1.807, 2.05) is 66.7 Å². The van der Waals surface area contributed by atoms with Crippen molar-refractivity contribution < 1.29 is 10.2 Å². The Morgan fingerprint density at radius 2 is 0.974 bits per heavy atom. The van der Waals surface area contributed by atoms with Crippen LogP contribution in [-0.4, -0.2) is 32.6 Å². The van der Waals surface area contributed by atoms with Gasteiger partial charge in [0, 0.05) is 43.6 Å². The number of aliphatic imine (C=N–C) groups is 2. The van der Waals surface area contributed by atoms with Gasteiger partial charge >= 0.3 is 0 Å². The van der Waals surface area contributed by atoms with Crippen LogP contribution in [0.3, 0.4) is 0 Å². The largest absolute Gasteiger partial charge is 0.507 e. The summed E-state index contributed by atoms with van der Waals surface area (Å²) >= 11 is 6.81. The van der Waals surface area contributed by atoms with Crippen LogP contribution in [0, 0.1) is 0 Å². The molecule has 0 saturated heterocycles. The average Bonchev–Trinajstić information content (AvgIpc) is 2.94. The fraction of sp³-hybridized carbons (Fsp3) is 0. The average molecular weight is 628 g/mol. The second-order valence-electron chi connectivity index (χ2n) is 8.30. The summed E-state index contributed by atoms with van der Waals surface area (Å²) in [5.74, 6) is 0.344. The normalized spacial score (nSPS) is 11.4. The number of hydrogen-bond acceptors (Lipinski definition) is 6. The number of nitrogens with zero attached hydrogens (tertiary/aromatic N) is 4. The summed E-state index contributed by atoms with van der Waals surface area (Å²) in [6.07, 6.45) is 4.81. The molecule has 0 saturated carbocycles. The van der Waals surface area contributed by atoms with E-state index in [0.717, 1.165) is 42.8 Å². The fourth-order valence-corrected chi connectivity index (χ4v) is 4.41. The van der Waals surface area contributed by atoms with Crippen LogP contribution in [0.2, 0.25) is 0 Å². The minimum Gasteiger partial charge on any atom is -0.507 e. The molecule has 5 aromatic rings. The second kappa shape index (κ2) is 11.5. The highest BCUT2D eigenvalue weighted by atomic mass is 79.9. The zero-order valence-corrected chi connectivity index (χ0v) is 23.0. The van der Waals surface area contributed by atoms with E-state index >= 15 is 0 Å². The lowest BCUT2D eigenvalue weighted by Gasteiger charge is -2.05. The summed E-state index contributed by atoms with van der Waals surface area (Å²) in [5, 5.41) is 20.0. The first-order chi connectivity index (χ1) is 18.4. The summed E-state index contributed by atoms with van der Waals surface area (Å²) < 4.78 is 1.74. The molecule has 0 atom stereocenters. The highest BCUT2D eigenvalue weighted by Gasteiger charge is 2.06. The smallest absolute Gasteiger partial charge is 0.124 e. The number of aromatic nitrogens is 2. The zero-order chi connectivity index (χ0) is 26.5. The van der Waals surface area contributed by atoms with Crippen LogP contribution in [0.25, 0.3) is 22.5 Å². The summed E-state index contributed by atoms with van der Waals surface area (Å²) in [4.78, 5) is 17.8. The molecule has 1 heterocycles. The first-order valence-electron chi connectivity index (χ1n) is 11.5. The zero-order valence-electron chi connectivity index (χ0n) is 19.8. The van der Waals surface area contributed by atoms with Gasteiger partial charge in [-0.15, -0.1) is 0 Å². The molecule has 8 heteroatoms. The van der Waals surface area contributed by atoms with Gasteiger partial charge in [-0.05, 0) is 66.7 Å². The van der Waals surface area contributed by atoms with Crippen LogP contribution in [-0.2, 0) is 0 Å².